The lowest BCUT2D eigenvalue weighted by molar-refractivity contribution is -0.140. The number of hydrogen-bond donors (Lipinski definition) is 0. The van der Waals surface area contributed by atoms with E-state index in [0.29, 0.717) is 6.54 Å². The average Bonchev–Trinajstić information content (AvgIpc) is 2.85. The van der Waals surface area contributed by atoms with Gasteiger partial charge < -0.3 is 9.64 Å². The van der Waals surface area contributed by atoms with Gasteiger partial charge in [0.1, 0.15) is 11.5 Å². The fourth-order valence-electron chi connectivity index (χ4n) is 4.13. The van der Waals surface area contributed by atoms with Crippen LogP contribution in [0.1, 0.15) is 44.6 Å². The number of carbonyl (C=O) groups excluding carboxylic acids is 2. The van der Waals surface area contributed by atoms with E-state index in [-0.39, 0.29) is 23.0 Å². The van der Waals surface area contributed by atoms with Crippen LogP contribution in [0.15, 0.2) is 24.3 Å². The van der Waals surface area contributed by atoms with E-state index in [0.717, 1.165) is 50.0 Å². The summed E-state index contributed by atoms with van der Waals surface area (Å²) in [6.07, 6.45) is 4.52. The summed E-state index contributed by atoms with van der Waals surface area (Å²) >= 11 is 0. The van der Waals surface area contributed by atoms with Gasteiger partial charge in [0.25, 0.3) is 0 Å². The SMILES string of the molecule is COc1ccc(CN2CC[C@]3(CCC[C@@H](C(C)=O)C3)C2=O)cc1. The first-order chi connectivity index (χ1) is 11.0. The first kappa shape index (κ1) is 16.0. The monoisotopic (exact) mass is 315 g/mol. The first-order valence-corrected chi connectivity index (χ1v) is 8.47. The molecule has 1 aliphatic heterocycles. The summed E-state index contributed by atoms with van der Waals surface area (Å²) in [6, 6.07) is 7.88. The van der Waals surface area contributed by atoms with Crippen LogP contribution < -0.4 is 4.74 Å². The van der Waals surface area contributed by atoms with Gasteiger partial charge in [-0.2, -0.15) is 0 Å². The first-order valence-electron chi connectivity index (χ1n) is 8.47. The molecule has 0 N–H and O–H groups in total. The lowest BCUT2D eigenvalue weighted by atomic mass is 9.68. The number of likely N-dealkylation sites (tertiary alicyclic amines) is 1. The zero-order chi connectivity index (χ0) is 16.4. The van der Waals surface area contributed by atoms with E-state index in [1.807, 2.05) is 29.2 Å². The summed E-state index contributed by atoms with van der Waals surface area (Å²) in [5.41, 5.74) is 0.844. The molecule has 0 bridgehead atoms. The van der Waals surface area contributed by atoms with Crippen molar-refractivity contribution in [2.45, 2.75) is 45.6 Å². The molecule has 2 fully saturated rings. The van der Waals surface area contributed by atoms with Crippen LogP contribution in [-0.2, 0) is 16.1 Å². The number of methoxy groups -OCH3 is 1. The Morgan fingerprint density at radius 3 is 2.70 bits per heavy atom. The number of Topliss-reactive ketones (excluding diaryl/α,β-unsaturated/α-hetero) is 1. The molecule has 0 aromatic heterocycles. The minimum absolute atomic E-state index is 0.0774. The van der Waals surface area contributed by atoms with Gasteiger partial charge in [-0.25, -0.2) is 0 Å². The lowest BCUT2D eigenvalue weighted by Crippen LogP contribution is -2.39. The van der Waals surface area contributed by atoms with Crippen molar-refractivity contribution < 1.29 is 14.3 Å². The highest BCUT2D eigenvalue weighted by Crippen LogP contribution is 2.47. The van der Waals surface area contributed by atoms with Crippen LogP contribution in [0.5, 0.6) is 5.75 Å². The molecule has 4 heteroatoms. The lowest BCUT2D eigenvalue weighted by Gasteiger charge is -2.35. The third-order valence-corrected chi connectivity index (χ3v) is 5.55. The number of nitrogens with zero attached hydrogens (tertiary/aromatic N) is 1. The minimum atomic E-state index is -0.277. The Morgan fingerprint density at radius 2 is 2.04 bits per heavy atom. The van der Waals surface area contributed by atoms with E-state index >= 15 is 0 Å². The number of ketones is 1. The van der Waals surface area contributed by atoms with Gasteiger partial charge in [-0.05, 0) is 50.3 Å². The van der Waals surface area contributed by atoms with Crippen molar-refractivity contribution >= 4 is 11.7 Å². The molecule has 1 saturated carbocycles. The second-order valence-electron chi connectivity index (χ2n) is 7.01. The predicted octanol–water partition coefficient (Wildman–Crippen LogP) is 3.19. The molecular weight excluding hydrogens is 290 g/mol. The quantitative estimate of drug-likeness (QED) is 0.857. The zero-order valence-electron chi connectivity index (χ0n) is 14.0. The summed E-state index contributed by atoms with van der Waals surface area (Å²) in [5, 5.41) is 0. The molecule has 2 aliphatic rings. The normalized spacial score (nSPS) is 27.5. The van der Waals surface area contributed by atoms with Crippen molar-refractivity contribution in [3.8, 4) is 5.75 Å². The van der Waals surface area contributed by atoms with Gasteiger partial charge in [-0.1, -0.05) is 18.6 Å². The van der Waals surface area contributed by atoms with Crippen LogP contribution in [0, 0.1) is 11.3 Å². The number of hydrogen-bond acceptors (Lipinski definition) is 3. The highest BCUT2D eigenvalue weighted by Gasteiger charge is 2.49. The molecule has 0 unspecified atom stereocenters. The van der Waals surface area contributed by atoms with Gasteiger partial charge in [-0.3, -0.25) is 9.59 Å². The smallest absolute Gasteiger partial charge is 0.229 e. The Bertz CT molecular complexity index is 595. The molecule has 1 aromatic rings. The number of ether oxygens (including phenoxy) is 1. The molecule has 3 rings (SSSR count). The van der Waals surface area contributed by atoms with Gasteiger partial charge in [-0.15, -0.1) is 0 Å². The van der Waals surface area contributed by atoms with Crippen molar-refractivity contribution in [3.63, 3.8) is 0 Å². The Kier molecular flexibility index (Phi) is 4.42. The Balaban J connectivity index is 1.69. The predicted molar refractivity (Wildman–Crippen MR) is 88.1 cm³/mol. The highest BCUT2D eigenvalue weighted by molar-refractivity contribution is 5.86. The van der Waals surface area contributed by atoms with Crippen LogP contribution in [0.3, 0.4) is 0 Å². The number of carbonyl (C=O) groups is 2. The maximum Gasteiger partial charge on any atom is 0.229 e. The Labute approximate surface area is 137 Å². The molecule has 1 saturated heterocycles. The van der Waals surface area contributed by atoms with Crippen LogP contribution >= 0.6 is 0 Å². The van der Waals surface area contributed by atoms with Crippen LogP contribution in [0.2, 0.25) is 0 Å². The van der Waals surface area contributed by atoms with E-state index in [9.17, 15) is 9.59 Å². The van der Waals surface area contributed by atoms with Gasteiger partial charge in [0.05, 0.1) is 12.5 Å². The Morgan fingerprint density at radius 1 is 1.30 bits per heavy atom. The maximum atomic E-state index is 13.0. The van der Waals surface area contributed by atoms with Crippen LogP contribution in [0.4, 0.5) is 0 Å². The second-order valence-corrected chi connectivity index (χ2v) is 7.01. The largest absolute Gasteiger partial charge is 0.497 e. The van der Waals surface area contributed by atoms with E-state index in [2.05, 4.69) is 0 Å². The third kappa shape index (κ3) is 3.12. The van der Waals surface area contributed by atoms with Crippen molar-refractivity contribution in [1.82, 2.24) is 4.90 Å². The molecule has 4 nitrogen and oxygen atoms in total. The van der Waals surface area contributed by atoms with Crippen molar-refractivity contribution in [2.75, 3.05) is 13.7 Å². The standard InChI is InChI=1S/C19H25NO3/c1-14(21)16-4-3-9-19(12-16)10-11-20(18(19)22)13-15-5-7-17(23-2)8-6-15/h5-8,16H,3-4,9-13H2,1-2H3/t16-,19+/m1/s1. The molecule has 23 heavy (non-hydrogen) atoms. The Hall–Kier alpha value is -1.84. The van der Waals surface area contributed by atoms with E-state index in [1.54, 1.807) is 14.0 Å². The van der Waals surface area contributed by atoms with Gasteiger partial charge in [0, 0.05) is 19.0 Å². The third-order valence-electron chi connectivity index (χ3n) is 5.55. The minimum Gasteiger partial charge on any atom is -0.497 e. The van der Waals surface area contributed by atoms with E-state index in [1.165, 1.54) is 0 Å². The summed E-state index contributed by atoms with van der Waals surface area (Å²) in [5.74, 6) is 1.40. The summed E-state index contributed by atoms with van der Waals surface area (Å²) in [7, 11) is 1.65. The highest BCUT2D eigenvalue weighted by atomic mass is 16.5. The maximum absolute atomic E-state index is 13.0. The van der Waals surface area contributed by atoms with Gasteiger partial charge in [0.15, 0.2) is 0 Å². The van der Waals surface area contributed by atoms with Crippen molar-refractivity contribution in [2.24, 2.45) is 11.3 Å². The summed E-state index contributed by atoms with van der Waals surface area (Å²) in [4.78, 5) is 26.7. The number of amides is 1. The molecule has 1 amide bonds. The van der Waals surface area contributed by atoms with Crippen LogP contribution in [0.25, 0.3) is 0 Å². The van der Waals surface area contributed by atoms with E-state index < -0.39 is 0 Å². The number of benzene rings is 1. The second kappa shape index (κ2) is 6.34. The molecule has 1 aliphatic carbocycles. The van der Waals surface area contributed by atoms with Gasteiger partial charge in [0.2, 0.25) is 5.91 Å². The van der Waals surface area contributed by atoms with Crippen molar-refractivity contribution in [1.29, 1.82) is 0 Å². The van der Waals surface area contributed by atoms with E-state index in [4.69, 9.17) is 4.74 Å². The van der Waals surface area contributed by atoms with Gasteiger partial charge >= 0.3 is 0 Å². The summed E-state index contributed by atoms with van der Waals surface area (Å²) < 4.78 is 5.17. The van der Waals surface area contributed by atoms with Crippen LogP contribution in [-0.4, -0.2) is 30.2 Å². The summed E-state index contributed by atoms with van der Waals surface area (Å²) in [6.45, 7) is 3.11. The zero-order valence-corrected chi connectivity index (χ0v) is 14.0. The molecule has 1 aromatic carbocycles. The topological polar surface area (TPSA) is 46.6 Å². The fraction of sp³-hybridized carbons (Fsp3) is 0.579. The average molecular weight is 315 g/mol. The molecule has 124 valence electrons. The molecule has 2 atom stereocenters. The molecule has 0 radical (unpaired) electrons. The number of rotatable bonds is 4. The molecular formula is C19H25NO3. The molecule has 1 spiro atoms. The van der Waals surface area contributed by atoms with Crippen molar-refractivity contribution in [3.05, 3.63) is 29.8 Å². The fourth-order valence-corrected chi connectivity index (χ4v) is 4.13. The molecule has 1 heterocycles.